The second-order valence-corrected chi connectivity index (χ2v) is 10.4. The first-order chi connectivity index (χ1) is 17.2. The normalized spacial score (nSPS) is 22.1. The molecule has 35 heavy (non-hydrogen) atoms. The van der Waals surface area contributed by atoms with E-state index < -0.39 is 0 Å². The summed E-state index contributed by atoms with van der Waals surface area (Å²) in [4.78, 5) is 0. The Kier molecular flexibility index (Phi) is 6.05. The summed E-state index contributed by atoms with van der Waals surface area (Å²) in [5.74, 6) is 2.73. The van der Waals surface area contributed by atoms with Gasteiger partial charge in [0.15, 0.2) is 0 Å². The van der Waals surface area contributed by atoms with Crippen LogP contribution < -0.4 is 0 Å². The molecule has 0 saturated heterocycles. The number of ether oxygens (including phenoxy) is 2. The molecule has 4 aromatic rings. The average molecular weight is 465 g/mol. The molecule has 2 fully saturated rings. The number of hydrogen-bond acceptors (Lipinski definition) is 3. The van der Waals surface area contributed by atoms with E-state index in [4.69, 9.17) is 13.9 Å². The molecule has 0 amide bonds. The second-order valence-electron chi connectivity index (χ2n) is 10.4. The second kappa shape index (κ2) is 9.49. The maximum atomic E-state index is 6.46. The quantitative estimate of drug-likeness (QED) is 0.245. The summed E-state index contributed by atoms with van der Waals surface area (Å²) in [6.45, 7) is 2.69. The number of hydrogen-bond donors (Lipinski definition) is 0. The van der Waals surface area contributed by atoms with Gasteiger partial charge < -0.3 is 13.9 Å². The first-order valence-corrected chi connectivity index (χ1v) is 12.6. The minimum atomic E-state index is 0.00613. The highest BCUT2D eigenvalue weighted by molar-refractivity contribution is 5.57. The molecule has 0 bridgehead atoms. The molecule has 0 radical (unpaired) electrons. The van der Waals surface area contributed by atoms with Crippen LogP contribution in [0, 0.1) is 11.3 Å². The fourth-order valence-corrected chi connectivity index (χ4v) is 6.06. The monoisotopic (exact) mass is 464 g/mol. The summed E-state index contributed by atoms with van der Waals surface area (Å²) in [5, 5.41) is 0. The van der Waals surface area contributed by atoms with Crippen molar-refractivity contribution < 1.29 is 13.9 Å². The highest BCUT2D eigenvalue weighted by Gasteiger charge is 2.67. The molecule has 3 nitrogen and oxygen atoms in total. The number of fused-ring (bicyclic) bond motifs is 1. The Bertz CT molecular complexity index is 1190. The third-order valence-electron chi connectivity index (χ3n) is 7.80. The van der Waals surface area contributed by atoms with Gasteiger partial charge in [-0.05, 0) is 48.4 Å². The largest absolute Gasteiger partial charge is 0.460 e. The van der Waals surface area contributed by atoms with Crippen molar-refractivity contribution in [2.45, 2.75) is 37.9 Å². The molecule has 0 N–H and O–H groups in total. The van der Waals surface area contributed by atoms with Crippen molar-refractivity contribution in [2.75, 3.05) is 13.2 Å². The van der Waals surface area contributed by atoms with Crippen molar-refractivity contribution in [2.24, 2.45) is 11.3 Å². The zero-order valence-electron chi connectivity index (χ0n) is 20.1. The number of benzene rings is 3. The summed E-state index contributed by atoms with van der Waals surface area (Å²) < 4.78 is 19.1. The van der Waals surface area contributed by atoms with Crippen molar-refractivity contribution >= 4 is 0 Å². The highest BCUT2D eigenvalue weighted by atomic mass is 16.5. The van der Waals surface area contributed by atoms with Crippen molar-refractivity contribution in [3.8, 4) is 11.3 Å². The molecule has 2 atom stereocenters. The summed E-state index contributed by atoms with van der Waals surface area (Å²) in [7, 11) is 0. The minimum Gasteiger partial charge on any atom is -0.460 e. The fraction of sp³-hybridized carbons (Fsp3) is 0.312. The first kappa shape index (κ1) is 22.3. The maximum Gasteiger partial charge on any atom is 0.134 e. The van der Waals surface area contributed by atoms with Gasteiger partial charge in [0.2, 0.25) is 0 Å². The van der Waals surface area contributed by atoms with Gasteiger partial charge >= 0.3 is 0 Å². The van der Waals surface area contributed by atoms with Crippen LogP contribution in [-0.4, -0.2) is 13.2 Å². The Morgan fingerprint density at radius 2 is 1.23 bits per heavy atom. The molecule has 0 spiro atoms. The van der Waals surface area contributed by atoms with Gasteiger partial charge in [-0.15, -0.1) is 0 Å². The molecule has 2 aliphatic rings. The van der Waals surface area contributed by atoms with Gasteiger partial charge in [0, 0.05) is 16.4 Å². The molecule has 2 saturated carbocycles. The molecule has 0 aliphatic heterocycles. The molecular formula is C32H32O3. The lowest BCUT2D eigenvalue weighted by Crippen LogP contribution is -2.32. The maximum absolute atomic E-state index is 6.46. The number of furan rings is 1. The standard InChI is InChI=1S/C32H32O3/c1-4-10-25(11-5-1)20-33-23-31(24-34-21-26-12-6-2-7-13-26)18-28-19-32(28,22-31)30-17-16-29(35-30)27-14-8-3-9-15-27/h1-17,28H,18-24H2. The lowest BCUT2D eigenvalue weighted by Gasteiger charge is -2.32. The van der Waals surface area contributed by atoms with Crippen LogP contribution in [0.3, 0.4) is 0 Å². The summed E-state index contributed by atoms with van der Waals surface area (Å²) in [6.07, 6.45) is 3.38. The van der Waals surface area contributed by atoms with Gasteiger partial charge in [0.1, 0.15) is 11.5 Å². The van der Waals surface area contributed by atoms with Gasteiger partial charge in [0.05, 0.1) is 26.4 Å². The Labute approximate surface area is 207 Å². The van der Waals surface area contributed by atoms with Gasteiger partial charge in [-0.1, -0.05) is 91.0 Å². The third-order valence-corrected chi connectivity index (χ3v) is 7.80. The van der Waals surface area contributed by atoms with Crippen molar-refractivity contribution in [3.63, 3.8) is 0 Å². The predicted octanol–water partition coefficient (Wildman–Crippen LogP) is 7.42. The molecule has 3 aromatic carbocycles. The zero-order chi connectivity index (χ0) is 23.6. The molecule has 1 heterocycles. The fourth-order valence-electron chi connectivity index (χ4n) is 6.06. The van der Waals surface area contributed by atoms with E-state index in [0.29, 0.717) is 32.3 Å². The Morgan fingerprint density at radius 1 is 0.657 bits per heavy atom. The van der Waals surface area contributed by atoms with Gasteiger partial charge in [-0.3, -0.25) is 0 Å². The molecular weight excluding hydrogens is 432 g/mol. The summed E-state index contributed by atoms with van der Waals surface area (Å²) in [5.41, 5.74) is 3.69. The van der Waals surface area contributed by atoms with Crippen molar-refractivity contribution in [3.05, 3.63) is 120 Å². The van der Waals surface area contributed by atoms with E-state index in [2.05, 4.69) is 84.9 Å². The predicted molar refractivity (Wildman–Crippen MR) is 138 cm³/mol. The molecule has 3 heteroatoms. The molecule has 2 aliphatic carbocycles. The smallest absolute Gasteiger partial charge is 0.134 e. The molecule has 2 unspecified atom stereocenters. The Balaban J connectivity index is 1.17. The van der Waals surface area contributed by atoms with E-state index in [1.54, 1.807) is 0 Å². The topological polar surface area (TPSA) is 31.6 Å². The first-order valence-electron chi connectivity index (χ1n) is 12.6. The summed E-state index contributed by atoms with van der Waals surface area (Å²) >= 11 is 0. The Hall–Kier alpha value is -3.14. The number of rotatable bonds is 10. The van der Waals surface area contributed by atoms with Crippen LogP contribution in [0.4, 0.5) is 0 Å². The van der Waals surface area contributed by atoms with E-state index in [-0.39, 0.29) is 10.8 Å². The average Bonchev–Trinajstić information content (AvgIpc) is 3.23. The van der Waals surface area contributed by atoms with E-state index in [1.807, 2.05) is 18.2 Å². The zero-order valence-corrected chi connectivity index (χ0v) is 20.1. The van der Waals surface area contributed by atoms with Crippen LogP contribution in [0.15, 0.2) is 108 Å². The Morgan fingerprint density at radius 3 is 1.83 bits per heavy atom. The molecule has 6 rings (SSSR count). The van der Waals surface area contributed by atoms with Crippen molar-refractivity contribution in [1.82, 2.24) is 0 Å². The van der Waals surface area contributed by atoms with Crippen LogP contribution in [-0.2, 0) is 28.1 Å². The van der Waals surface area contributed by atoms with E-state index in [1.165, 1.54) is 17.5 Å². The van der Waals surface area contributed by atoms with Gasteiger partial charge in [-0.25, -0.2) is 0 Å². The van der Waals surface area contributed by atoms with Crippen molar-refractivity contribution in [1.29, 1.82) is 0 Å². The molecule has 1 aromatic heterocycles. The van der Waals surface area contributed by atoms with E-state index in [0.717, 1.165) is 29.9 Å². The van der Waals surface area contributed by atoms with Crippen LogP contribution in [0.25, 0.3) is 11.3 Å². The van der Waals surface area contributed by atoms with Crippen LogP contribution in [0.5, 0.6) is 0 Å². The molecule has 178 valence electrons. The van der Waals surface area contributed by atoms with E-state index in [9.17, 15) is 0 Å². The SMILES string of the molecule is c1ccc(COCC2(COCc3ccccc3)CC3CC3(c3ccc(-c4ccccc4)o3)C2)cc1. The van der Waals surface area contributed by atoms with Crippen LogP contribution in [0.2, 0.25) is 0 Å². The minimum absolute atomic E-state index is 0.00613. The van der Waals surface area contributed by atoms with Crippen LogP contribution in [0.1, 0.15) is 36.1 Å². The summed E-state index contributed by atoms with van der Waals surface area (Å²) in [6, 6.07) is 35.6. The lowest BCUT2D eigenvalue weighted by atomic mass is 9.81. The lowest BCUT2D eigenvalue weighted by molar-refractivity contribution is -0.0371. The third kappa shape index (κ3) is 4.71. The van der Waals surface area contributed by atoms with Crippen LogP contribution >= 0.6 is 0 Å². The highest BCUT2D eigenvalue weighted by Crippen LogP contribution is 2.70. The van der Waals surface area contributed by atoms with Gasteiger partial charge in [0.25, 0.3) is 0 Å². The van der Waals surface area contributed by atoms with Gasteiger partial charge in [-0.2, -0.15) is 0 Å². The van der Waals surface area contributed by atoms with E-state index >= 15 is 0 Å².